The molecule has 1 aromatic rings. The molecule has 17 heavy (non-hydrogen) atoms. The third-order valence-corrected chi connectivity index (χ3v) is 2.95. The number of nitrogens with one attached hydrogen (secondary N) is 1. The molecule has 1 unspecified atom stereocenters. The SMILES string of the molecule is CCCC(C)Oc1cccc(CNC2CC2)n1. The van der Waals surface area contributed by atoms with Crippen LogP contribution in [0.3, 0.4) is 0 Å². The third kappa shape index (κ3) is 4.35. The van der Waals surface area contributed by atoms with Crippen LogP contribution in [0.4, 0.5) is 0 Å². The number of aromatic nitrogens is 1. The molecule has 1 N–H and O–H groups in total. The van der Waals surface area contributed by atoms with Crippen LogP contribution < -0.4 is 10.1 Å². The van der Waals surface area contributed by atoms with E-state index in [-0.39, 0.29) is 6.10 Å². The van der Waals surface area contributed by atoms with E-state index in [4.69, 9.17) is 4.74 Å². The zero-order chi connectivity index (χ0) is 12.1. The number of rotatable bonds is 7. The van der Waals surface area contributed by atoms with Gasteiger partial charge in [0.15, 0.2) is 0 Å². The van der Waals surface area contributed by atoms with Gasteiger partial charge in [-0.15, -0.1) is 0 Å². The minimum Gasteiger partial charge on any atom is -0.475 e. The first-order valence-electron chi connectivity index (χ1n) is 6.64. The average molecular weight is 234 g/mol. The quantitative estimate of drug-likeness (QED) is 0.787. The van der Waals surface area contributed by atoms with Crippen LogP contribution in [0.1, 0.15) is 45.2 Å². The monoisotopic (exact) mass is 234 g/mol. The molecule has 1 atom stereocenters. The molecule has 1 saturated carbocycles. The number of pyridine rings is 1. The molecule has 1 aromatic heterocycles. The summed E-state index contributed by atoms with van der Waals surface area (Å²) in [7, 11) is 0. The van der Waals surface area contributed by atoms with Crippen LogP contribution in [-0.4, -0.2) is 17.1 Å². The number of hydrogen-bond donors (Lipinski definition) is 1. The Morgan fingerprint density at radius 2 is 2.29 bits per heavy atom. The van der Waals surface area contributed by atoms with Crippen molar-refractivity contribution >= 4 is 0 Å². The molecular weight excluding hydrogens is 212 g/mol. The van der Waals surface area contributed by atoms with Crippen LogP contribution >= 0.6 is 0 Å². The van der Waals surface area contributed by atoms with Gasteiger partial charge in [-0.3, -0.25) is 0 Å². The number of ether oxygens (including phenoxy) is 1. The summed E-state index contributed by atoms with van der Waals surface area (Å²) in [4.78, 5) is 4.51. The van der Waals surface area contributed by atoms with E-state index < -0.39 is 0 Å². The van der Waals surface area contributed by atoms with Crippen molar-refractivity contribution in [3.8, 4) is 5.88 Å². The standard InChI is InChI=1S/C14H22N2O/c1-3-5-11(2)17-14-7-4-6-13(16-14)10-15-12-8-9-12/h4,6-7,11-12,15H,3,5,8-10H2,1-2H3. The molecule has 1 fully saturated rings. The van der Waals surface area contributed by atoms with Gasteiger partial charge in [0.1, 0.15) is 0 Å². The van der Waals surface area contributed by atoms with Gasteiger partial charge < -0.3 is 10.1 Å². The van der Waals surface area contributed by atoms with E-state index in [9.17, 15) is 0 Å². The summed E-state index contributed by atoms with van der Waals surface area (Å²) in [5.74, 6) is 0.751. The van der Waals surface area contributed by atoms with E-state index in [0.717, 1.165) is 37.0 Å². The maximum absolute atomic E-state index is 5.78. The van der Waals surface area contributed by atoms with Gasteiger partial charge in [-0.05, 0) is 32.3 Å². The first-order chi connectivity index (χ1) is 8.28. The lowest BCUT2D eigenvalue weighted by Crippen LogP contribution is -2.17. The highest BCUT2D eigenvalue weighted by atomic mass is 16.5. The maximum atomic E-state index is 5.78. The van der Waals surface area contributed by atoms with Gasteiger partial charge >= 0.3 is 0 Å². The van der Waals surface area contributed by atoms with Crippen molar-refractivity contribution in [2.75, 3.05) is 0 Å². The van der Waals surface area contributed by atoms with Crippen LogP contribution in [-0.2, 0) is 6.54 Å². The van der Waals surface area contributed by atoms with E-state index in [1.807, 2.05) is 18.2 Å². The van der Waals surface area contributed by atoms with Gasteiger partial charge in [0.25, 0.3) is 0 Å². The van der Waals surface area contributed by atoms with Gasteiger partial charge in [0.05, 0.1) is 11.8 Å². The molecule has 0 saturated heterocycles. The molecule has 0 bridgehead atoms. The number of nitrogens with zero attached hydrogens (tertiary/aromatic N) is 1. The van der Waals surface area contributed by atoms with Crippen molar-refractivity contribution in [3.05, 3.63) is 23.9 Å². The Balaban J connectivity index is 1.85. The molecule has 2 rings (SSSR count). The smallest absolute Gasteiger partial charge is 0.213 e. The molecule has 1 aliphatic rings. The molecule has 1 heterocycles. The summed E-state index contributed by atoms with van der Waals surface area (Å²) in [5.41, 5.74) is 1.07. The Hall–Kier alpha value is -1.09. The topological polar surface area (TPSA) is 34.1 Å². The van der Waals surface area contributed by atoms with Crippen molar-refractivity contribution in [3.63, 3.8) is 0 Å². The predicted octanol–water partition coefficient (Wildman–Crippen LogP) is 2.90. The minimum atomic E-state index is 0.249. The number of hydrogen-bond acceptors (Lipinski definition) is 3. The molecular formula is C14H22N2O. The van der Waals surface area contributed by atoms with E-state index in [1.165, 1.54) is 12.8 Å². The highest BCUT2D eigenvalue weighted by Gasteiger charge is 2.20. The summed E-state index contributed by atoms with van der Waals surface area (Å²) in [5, 5.41) is 3.46. The fourth-order valence-corrected chi connectivity index (χ4v) is 1.83. The fraction of sp³-hybridized carbons (Fsp3) is 0.643. The second-order valence-corrected chi connectivity index (χ2v) is 4.84. The molecule has 0 aromatic carbocycles. The zero-order valence-corrected chi connectivity index (χ0v) is 10.8. The Morgan fingerprint density at radius 1 is 1.47 bits per heavy atom. The molecule has 1 aliphatic carbocycles. The summed E-state index contributed by atoms with van der Waals surface area (Å²) >= 11 is 0. The lowest BCUT2D eigenvalue weighted by molar-refractivity contribution is 0.201. The van der Waals surface area contributed by atoms with Crippen molar-refractivity contribution in [2.45, 2.75) is 58.2 Å². The third-order valence-electron chi connectivity index (χ3n) is 2.95. The molecule has 0 radical (unpaired) electrons. The van der Waals surface area contributed by atoms with Gasteiger partial charge in [-0.2, -0.15) is 0 Å². The summed E-state index contributed by atoms with van der Waals surface area (Å²) < 4.78 is 5.78. The predicted molar refractivity (Wildman–Crippen MR) is 69.1 cm³/mol. The van der Waals surface area contributed by atoms with E-state index in [0.29, 0.717) is 0 Å². The maximum Gasteiger partial charge on any atom is 0.213 e. The second-order valence-electron chi connectivity index (χ2n) is 4.84. The van der Waals surface area contributed by atoms with Crippen LogP contribution in [0.5, 0.6) is 5.88 Å². The van der Waals surface area contributed by atoms with Gasteiger partial charge in [0, 0.05) is 18.7 Å². The van der Waals surface area contributed by atoms with Crippen LogP contribution in [0, 0.1) is 0 Å². The van der Waals surface area contributed by atoms with Gasteiger partial charge in [0.2, 0.25) is 5.88 Å². The average Bonchev–Trinajstić information content (AvgIpc) is 3.11. The van der Waals surface area contributed by atoms with Crippen LogP contribution in [0.25, 0.3) is 0 Å². The molecule has 0 aliphatic heterocycles. The molecule has 94 valence electrons. The molecule has 3 nitrogen and oxygen atoms in total. The summed E-state index contributed by atoms with van der Waals surface area (Å²) in [6.45, 7) is 5.12. The van der Waals surface area contributed by atoms with Crippen molar-refractivity contribution in [1.82, 2.24) is 10.3 Å². The first kappa shape index (κ1) is 12.4. The lowest BCUT2D eigenvalue weighted by Gasteiger charge is -2.13. The lowest BCUT2D eigenvalue weighted by atomic mass is 10.2. The van der Waals surface area contributed by atoms with E-state index >= 15 is 0 Å². The molecule has 0 amide bonds. The zero-order valence-electron chi connectivity index (χ0n) is 10.8. The van der Waals surface area contributed by atoms with E-state index in [1.54, 1.807) is 0 Å². The van der Waals surface area contributed by atoms with Crippen LogP contribution in [0.15, 0.2) is 18.2 Å². The Kier molecular flexibility index (Phi) is 4.37. The van der Waals surface area contributed by atoms with Crippen molar-refractivity contribution < 1.29 is 4.74 Å². The van der Waals surface area contributed by atoms with E-state index in [2.05, 4.69) is 24.1 Å². The molecule has 3 heteroatoms. The van der Waals surface area contributed by atoms with Crippen LogP contribution in [0.2, 0.25) is 0 Å². The van der Waals surface area contributed by atoms with Gasteiger partial charge in [-0.25, -0.2) is 4.98 Å². The largest absolute Gasteiger partial charge is 0.475 e. The van der Waals surface area contributed by atoms with Crippen molar-refractivity contribution in [1.29, 1.82) is 0 Å². The highest BCUT2D eigenvalue weighted by molar-refractivity contribution is 5.16. The Bertz CT molecular complexity index is 350. The minimum absolute atomic E-state index is 0.249. The fourth-order valence-electron chi connectivity index (χ4n) is 1.83. The Labute approximate surface area is 104 Å². The van der Waals surface area contributed by atoms with Crippen molar-refractivity contribution in [2.24, 2.45) is 0 Å². The highest BCUT2D eigenvalue weighted by Crippen LogP contribution is 2.19. The normalized spacial score (nSPS) is 16.8. The summed E-state index contributed by atoms with van der Waals surface area (Å²) in [6.07, 6.45) is 5.09. The van der Waals surface area contributed by atoms with Gasteiger partial charge in [-0.1, -0.05) is 19.4 Å². The first-order valence-corrected chi connectivity index (χ1v) is 6.64. The second kappa shape index (κ2) is 6.01. The Morgan fingerprint density at radius 3 is 3.00 bits per heavy atom. The molecule has 0 spiro atoms. The summed E-state index contributed by atoms with van der Waals surface area (Å²) in [6, 6.07) is 6.73.